The van der Waals surface area contributed by atoms with Crippen LogP contribution in [0.15, 0.2) is 48.5 Å². The van der Waals surface area contributed by atoms with Crippen LogP contribution in [0.2, 0.25) is 0 Å². The first-order valence-corrected chi connectivity index (χ1v) is 11.3. The van der Waals surface area contributed by atoms with Crippen molar-refractivity contribution < 1.29 is 19.1 Å². The summed E-state index contributed by atoms with van der Waals surface area (Å²) in [4.78, 5) is 24.7. The number of rotatable bonds is 5. The zero-order valence-electron chi connectivity index (χ0n) is 17.5. The molecule has 0 aromatic heterocycles. The minimum absolute atomic E-state index is 0.0411. The van der Waals surface area contributed by atoms with Crippen LogP contribution in [0, 0.1) is 5.92 Å². The molecule has 0 spiro atoms. The molecule has 2 aromatic carbocycles. The van der Waals surface area contributed by atoms with Gasteiger partial charge in [0.25, 0.3) is 0 Å². The highest BCUT2D eigenvalue weighted by molar-refractivity contribution is 5.90. The van der Waals surface area contributed by atoms with E-state index in [-0.39, 0.29) is 24.0 Å². The van der Waals surface area contributed by atoms with Gasteiger partial charge in [-0.3, -0.25) is 4.79 Å². The van der Waals surface area contributed by atoms with E-state index in [0.29, 0.717) is 11.3 Å². The van der Waals surface area contributed by atoms with E-state index < -0.39 is 0 Å². The molecule has 0 atom stereocenters. The number of carbonyl (C=O) groups is 2. The normalized spacial score (nSPS) is 18.0. The van der Waals surface area contributed by atoms with Gasteiger partial charge in [-0.25, -0.2) is 4.79 Å². The lowest BCUT2D eigenvalue weighted by molar-refractivity contribution is -0.139. The van der Waals surface area contributed by atoms with Crippen LogP contribution in [0.25, 0.3) is 11.1 Å². The lowest BCUT2D eigenvalue weighted by atomic mass is 9.89. The topological polar surface area (TPSA) is 52.6 Å². The smallest absolute Gasteiger partial charge is 0.338 e. The average molecular weight is 407 g/mol. The maximum absolute atomic E-state index is 12.4. The summed E-state index contributed by atoms with van der Waals surface area (Å²) in [5.41, 5.74) is 2.61. The van der Waals surface area contributed by atoms with Crippen molar-refractivity contribution in [2.45, 2.75) is 70.3 Å². The summed E-state index contributed by atoms with van der Waals surface area (Å²) in [5.74, 6) is 0.281. The lowest BCUT2D eigenvalue weighted by Crippen LogP contribution is -2.22. The van der Waals surface area contributed by atoms with E-state index in [1.165, 1.54) is 12.8 Å². The Morgan fingerprint density at radius 2 is 1.20 bits per heavy atom. The summed E-state index contributed by atoms with van der Waals surface area (Å²) in [6, 6.07) is 15.1. The Morgan fingerprint density at radius 3 is 1.80 bits per heavy atom. The predicted octanol–water partition coefficient (Wildman–Crippen LogP) is 6.33. The van der Waals surface area contributed by atoms with Crippen LogP contribution in [0.1, 0.15) is 74.6 Å². The lowest BCUT2D eigenvalue weighted by Gasteiger charge is -2.21. The van der Waals surface area contributed by atoms with E-state index in [4.69, 9.17) is 9.47 Å². The van der Waals surface area contributed by atoms with E-state index >= 15 is 0 Å². The Kier molecular flexibility index (Phi) is 6.83. The average Bonchev–Trinajstić information content (AvgIpc) is 2.81. The molecule has 4 rings (SSSR count). The second-order valence-electron chi connectivity index (χ2n) is 8.52. The molecule has 2 saturated carbocycles. The van der Waals surface area contributed by atoms with Crippen molar-refractivity contribution in [1.82, 2.24) is 0 Å². The van der Waals surface area contributed by atoms with Crippen LogP contribution in [0.3, 0.4) is 0 Å². The maximum Gasteiger partial charge on any atom is 0.338 e. The molecule has 4 heteroatoms. The van der Waals surface area contributed by atoms with Gasteiger partial charge in [0, 0.05) is 0 Å². The molecule has 4 nitrogen and oxygen atoms in total. The van der Waals surface area contributed by atoms with Gasteiger partial charge in [0.05, 0.1) is 11.5 Å². The third-order valence-corrected chi connectivity index (χ3v) is 6.29. The molecule has 2 aliphatic rings. The molecule has 2 fully saturated rings. The number of ether oxygens (including phenoxy) is 2. The Labute approximate surface area is 178 Å². The highest BCUT2D eigenvalue weighted by Crippen LogP contribution is 2.28. The standard InChI is InChI=1S/C26H30O4/c27-25(21-7-3-1-4-8-21)30-24-17-15-20(16-18-24)19-11-13-22(14-12-19)26(28)29-23-9-5-2-6-10-23/h11-18,21,23H,1-10H2. The van der Waals surface area contributed by atoms with Crippen molar-refractivity contribution in [3.05, 3.63) is 54.1 Å². The predicted molar refractivity (Wildman–Crippen MR) is 116 cm³/mol. The van der Waals surface area contributed by atoms with Crippen molar-refractivity contribution in [2.75, 3.05) is 0 Å². The number of benzene rings is 2. The van der Waals surface area contributed by atoms with Crippen LogP contribution in [0.4, 0.5) is 0 Å². The van der Waals surface area contributed by atoms with E-state index in [9.17, 15) is 9.59 Å². The van der Waals surface area contributed by atoms with Gasteiger partial charge in [-0.2, -0.15) is 0 Å². The van der Waals surface area contributed by atoms with E-state index in [2.05, 4.69) is 0 Å². The fraction of sp³-hybridized carbons (Fsp3) is 0.462. The van der Waals surface area contributed by atoms with Crippen molar-refractivity contribution in [2.24, 2.45) is 5.92 Å². The van der Waals surface area contributed by atoms with Gasteiger partial charge in [0.2, 0.25) is 0 Å². The molecular weight excluding hydrogens is 376 g/mol. The molecule has 0 heterocycles. The first-order valence-electron chi connectivity index (χ1n) is 11.3. The Bertz CT molecular complexity index is 842. The molecule has 0 aliphatic heterocycles. The molecule has 158 valence electrons. The molecule has 0 N–H and O–H groups in total. The summed E-state index contributed by atoms with van der Waals surface area (Å²) in [5, 5.41) is 0. The zero-order chi connectivity index (χ0) is 20.8. The largest absolute Gasteiger partial charge is 0.459 e. The van der Waals surface area contributed by atoms with Crippen LogP contribution in [0.5, 0.6) is 5.75 Å². The molecule has 2 aromatic rings. The summed E-state index contributed by atoms with van der Waals surface area (Å²) in [7, 11) is 0. The first kappa shape index (κ1) is 20.6. The summed E-state index contributed by atoms with van der Waals surface area (Å²) >= 11 is 0. The molecule has 2 aliphatic carbocycles. The SMILES string of the molecule is O=C(OC1CCCCC1)c1ccc(-c2ccc(OC(=O)C3CCCCC3)cc2)cc1. The summed E-state index contributed by atoms with van der Waals surface area (Å²) in [6.07, 6.45) is 10.9. The Hall–Kier alpha value is -2.62. The monoisotopic (exact) mass is 406 g/mol. The first-order chi connectivity index (χ1) is 14.7. The number of carbonyl (C=O) groups excluding carboxylic acids is 2. The van der Waals surface area contributed by atoms with Crippen molar-refractivity contribution in [3.8, 4) is 16.9 Å². The fourth-order valence-corrected chi connectivity index (χ4v) is 4.45. The summed E-state index contributed by atoms with van der Waals surface area (Å²) < 4.78 is 11.2. The van der Waals surface area contributed by atoms with Crippen LogP contribution >= 0.6 is 0 Å². The van der Waals surface area contributed by atoms with Crippen LogP contribution < -0.4 is 4.74 Å². The minimum Gasteiger partial charge on any atom is -0.459 e. The van der Waals surface area contributed by atoms with Gasteiger partial charge in [-0.15, -0.1) is 0 Å². The second-order valence-corrected chi connectivity index (χ2v) is 8.52. The molecule has 0 radical (unpaired) electrons. The van der Waals surface area contributed by atoms with Gasteiger partial charge >= 0.3 is 11.9 Å². The second kappa shape index (κ2) is 9.92. The zero-order valence-corrected chi connectivity index (χ0v) is 17.5. The van der Waals surface area contributed by atoms with Crippen molar-refractivity contribution in [1.29, 1.82) is 0 Å². The number of hydrogen-bond acceptors (Lipinski definition) is 4. The molecule has 30 heavy (non-hydrogen) atoms. The summed E-state index contributed by atoms with van der Waals surface area (Å²) in [6.45, 7) is 0. The third kappa shape index (κ3) is 5.29. The van der Waals surface area contributed by atoms with Gasteiger partial charge in [0.1, 0.15) is 11.9 Å². The minimum atomic E-state index is -0.238. The van der Waals surface area contributed by atoms with Crippen LogP contribution in [-0.4, -0.2) is 18.0 Å². The number of hydrogen-bond donors (Lipinski definition) is 0. The molecule has 0 unspecified atom stereocenters. The van der Waals surface area contributed by atoms with Gasteiger partial charge in [0.15, 0.2) is 0 Å². The van der Waals surface area contributed by atoms with Crippen LogP contribution in [-0.2, 0) is 9.53 Å². The fourth-order valence-electron chi connectivity index (χ4n) is 4.45. The quantitative estimate of drug-likeness (QED) is 0.430. The van der Waals surface area contributed by atoms with Gasteiger partial charge < -0.3 is 9.47 Å². The van der Waals surface area contributed by atoms with Gasteiger partial charge in [-0.1, -0.05) is 49.9 Å². The van der Waals surface area contributed by atoms with Crippen molar-refractivity contribution in [3.63, 3.8) is 0 Å². The van der Waals surface area contributed by atoms with E-state index in [1.54, 1.807) is 0 Å². The molecule has 0 bridgehead atoms. The van der Waals surface area contributed by atoms with Gasteiger partial charge in [-0.05, 0) is 73.9 Å². The Balaban J connectivity index is 1.34. The third-order valence-electron chi connectivity index (χ3n) is 6.29. The van der Waals surface area contributed by atoms with Crippen molar-refractivity contribution >= 4 is 11.9 Å². The molecule has 0 saturated heterocycles. The Morgan fingerprint density at radius 1 is 0.667 bits per heavy atom. The van der Waals surface area contributed by atoms with E-state index in [1.807, 2.05) is 48.5 Å². The highest BCUT2D eigenvalue weighted by Gasteiger charge is 2.23. The molecule has 0 amide bonds. The van der Waals surface area contributed by atoms with E-state index in [0.717, 1.165) is 62.5 Å². The highest BCUT2D eigenvalue weighted by atomic mass is 16.5. The maximum atomic E-state index is 12.4. The molecular formula is C26H30O4. The number of esters is 2.